The first-order valence-electron chi connectivity index (χ1n) is 25.5. The number of rotatable bonds is 9. The van der Waals surface area contributed by atoms with Crippen molar-refractivity contribution in [3.8, 4) is 61.3 Å². The van der Waals surface area contributed by atoms with Gasteiger partial charge in [-0.15, -0.1) is 0 Å². The molecule has 0 unspecified atom stereocenters. The van der Waals surface area contributed by atoms with Gasteiger partial charge in [0, 0.05) is 33.5 Å². The number of fused-ring (bicyclic) bond motifs is 7. The van der Waals surface area contributed by atoms with Crippen LogP contribution < -0.4 is 4.90 Å². The van der Waals surface area contributed by atoms with Crippen molar-refractivity contribution >= 4 is 71.2 Å². The number of hydrogen-bond acceptors (Lipinski definition) is 1. The van der Waals surface area contributed by atoms with Crippen molar-refractivity contribution in [2.24, 2.45) is 0 Å². The number of anilines is 3. The Morgan fingerprint density at radius 3 is 1.46 bits per heavy atom. The molecule has 74 heavy (non-hydrogen) atoms. The molecule has 0 aliphatic heterocycles. The summed E-state index contributed by atoms with van der Waals surface area (Å²) in [6, 6.07) is 106. The lowest BCUT2D eigenvalue weighted by molar-refractivity contribution is 1.18. The molecule has 1 aromatic heterocycles. The average Bonchev–Trinajstić information content (AvgIpc) is 3.84. The molecule has 14 rings (SSSR count). The molecule has 0 saturated heterocycles. The largest absolute Gasteiger partial charge is 0.310 e. The fourth-order valence-corrected chi connectivity index (χ4v) is 11.4. The van der Waals surface area contributed by atoms with Gasteiger partial charge in [0.15, 0.2) is 0 Å². The van der Waals surface area contributed by atoms with Crippen LogP contribution in [0.3, 0.4) is 0 Å². The zero-order valence-electron chi connectivity index (χ0n) is 40.6. The van der Waals surface area contributed by atoms with Gasteiger partial charge >= 0.3 is 0 Å². The summed E-state index contributed by atoms with van der Waals surface area (Å²) in [5, 5.41) is 10.0. The van der Waals surface area contributed by atoms with Gasteiger partial charge in [-0.2, -0.15) is 0 Å². The Balaban J connectivity index is 0.873. The summed E-state index contributed by atoms with van der Waals surface area (Å²) in [6.45, 7) is 0. The van der Waals surface area contributed by atoms with Crippen molar-refractivity contribution in [1.82, 2.24) is 4.57 Å². The van der Waals surface area contributed by atoms with Crippen LogP contribution in [0.4, 0.5) is 17.1 Å². The summed E-state index contributed by atoms with van der Waals surface area (Å²) in [6.07, 6.45) is 0. The van der Waals surface area contributed by atoms with Crippen molar-refractivity contribution < 1.29 is 0 Å². The van der Waals surface area contributed by atoms with E-state index in [0.717, 1.165) is 28.3 Å². The smallest absolute Gasteiger partial charge is 0.0547 e. The molecule has 0 amide bonds. The fraction of sp³-hybridized carbons (Fsp3) is 0. The zero-order valence-corrected chi connectivity index (χ0v) is 40.6. The zero-order chi connectivity index (χ0) is 49.0. The summed E-state index contributed by atoms with van der Waals surface area (Å²) in [5.74, 6) is 0. The van der Waals surface area contributed by atoms with Crippen LogP contribution in [0.1, 0.15) is 0 Å². The topological polar surface area (TPSA) is 8.17 Å². The Kier molecular flexibility index (Phi) is 10.6. The molecule has 0 saturated carbocycles. The Labute approximate surface area is 430 Å². The van der Waals surface area contributed by atoms with Crippen molar-refractivity contribution in [2.45, 2.75) is 0 Å². The maximum Gasteiger partial charge on any atom is 0.0547 e. The molecule has 0 aliphatic rings. The quantitative estimate of drug-likeness (QED) is 0.131. The number of nitrogens with zero attached hydrogens (tertiary/aromatic N) is 2. The number of benzene rings is 13. The number of hydrogen-bond donors (Lipinski definition) is 0. The maximum atomic E-state index is 2.43. The second kappa shape index (κ2) is 18.1. The van der Waals surface area contributed by atoms with Crippen LogP contribution in [0.2, 0.25) is 0 Å². The van der Waals surface area contributed by atoms with Gasteiger partial charge in [-0.25, -0.2) is 0 Å². The maximum absolute atomic E-state index is 2.43. The van der Waals surface area contributed by atoms with E-state index in [1.165, 1.54) is 104 Å². The highest BCUT2D eigenvalue weighted by Crippen LogP contribution is 2.44. The van der Waals surface area contributed by atoms with E-state index in [0.29, 0.717) is 0 Å². The fourth-order valence-electron chi connectivity index (χ4n) is 11.4. The molecule has 2 heteroatoms. The van der Waals surface area contributed by atoms with Crippen LogP contribution in [0.5, 0.6) is 0 Å². The highest BCUT2D eigenvalue weighted by atomic mass is 15.1. The Morgan fingerprint density at radius 2 is 0.716 bits per heavy atom. The van der Waals surface area contributed by atoms with Crippen LogP contribution in [0.15, 0.2) is 291 Å². The van der Waals surface area contributed by atoms with Crippen molar-refractivity contribution in [1.29, 1.82) is 0 Å². The SMILES string of the molecule is c1ccc(-c2ccc3c4c(-c5cccc(N(c6ccc(-c7ccc(-c8cccc9ccccc89)cc7)cc6)c6ccc(-c7ccc8c(ccc9ccccc98)c7)cc6)c5)cccc4n(-c4ccccc4)c3c2)cc1. The van der Waals surface area contributed by atoms with Crippen LogP contribution in [-0.4, -0.2) is 4.57 Å². The van der Waals surface area contributed by atoms with E-state index >= 15 is 0 Å². The Morgan fingerprint density at radius 1 is 0.230 bits per heavy atom. The predicted octanol–water partition coefficient (Wildman–Crippen LogP) is 20.0. The third-order valence-corrected chi connectivity index (χ3v) is 15.0. The highest BCUT2D eigenvalue weighted by Gasteiger charge is 2.20. The van der Waals surface area contributed by atoms with Crippen molar-refractivity contribution in [3.05, 3.63) is 291 Å². The molecule has 14 aromatic rings. The first kappa shape index (κ1) is 43.1. The molecule has 1 heterocycles. The minimum absolute atomic E-state index is 1.08. The van der Waals surface area contributed by atoms with E-state index < -0.39 is 0 Å². The minimum atomic E-state index is 1.08. The van der Waals surface area contributed by atoms with E-state index in [1.54, 1.807) is 0 Å². The molecule has 2 nitrogen and oxygen atoms in total. The Bertz CT molecular complexity index is 4380. The normalized spacial score (nSPS) is 11.5. The van der Waals surface area contributed by atoms with Gasteiger partial charge < -0.3 is 9.47 Å². The second-order valence-electron chi connectivity index (χ2n) is 19.3. The van der Waals surface area contributed by atoms with Gasteiger partial charge in [0.25, 0.3) is 0 Å². The van der Waals surface area contributed by atoms with E-state index in [1.807, 2.05) is 0 Å². The lowest BCUT2D eigenvalue weighted by atomic mass is 9.96. The van der Waals surface area contributed by atoms with Crippen LogP contribution in [0, 0.1) is 0 Å². The van der Waals surface area contributed by atoms with E-state index in [-0.39, 0.29) is 0 Å². The standard InChI is InChI=1S/C72H48N2/c1-3-14-49(15-4-1)57-39-45-69-71(48-57)74(60-20-5-2-6-21-60)70-27-13-26-68(72(69)70)58-19-11-22-63(47-58)73(62-42-36-52(37-43-62)56-38-44-67-59(46-56)33-32-54-17-8-10-24-65(54)67)61-40-34-51(35-41-61)50-28-30-55(31-29-50)66-25-12-18-53-16-7-9-23-64(53)66/h1-48H. The molecule has 0 spiro atoms. The van der Waals surface area contributed by atoms with Crippen molar-refractivity contribution in [2.75, 3.05) is 4.90 Å². The van der Waals surface area contributed by atoms with Gasteiger partial charge in [0.05, 0.1) is 11.0 Å². The highest BCUT2D eigenvalue weighted by molar-refractivity contribution is 6.16. The summed E-state index contributed by atoms with van der Waals surface area (Å²) < 4.78 is 2.43. The molecule has 0 aliphatic carbocycles. The minimum Gasteiger partial charge on any atom is -0.310 e. The molecular formula is C72H48N2. The predicted molar refractivity (Wildman–Crippen MR) is 315 cm³/mol. The number of para-hydroxylation sites is 1. The molecule has 0 bridgehead atoms. The van der Waals surface area contributed by atoms with Crippen LogP contribution in [0.25, 0.3) is 115 Å². The van der Waals surface area contributed by atoms with Crippen LogP contribution >= 0.6 is 0 Å². The van der Waals surface area contributed by atoms with Gasteiger partial charge in [-0.05, 0) is 155 Å². The van der Waals surface area contributed by atoms with Gasteiger partial charge in [0.2, 0.25) is 0 Å². The molecule has 0 fully saturated rings. The molecule has 13 aromatic carbocycles. The average molecular weight is 941 g/mol. The summed E-state index contributed by atoms with van der Waals surface area (Å²) >= 11 is 0. The monoisotopic (exact) mass is 940 g/mol. The first-order chi connectivity index (χ1) is 36.7. The summed E-state index contributed by atoms with van der Waals surface area (Å²) in [5.41, 5.74) is 18.7. The summed E-state index contributed by atoms with van der Waals surface area (Å²) in [4.78, 5) is 2.40. The van der Waals surface area contributed by atoms with Gasteiger partial charge in [-0.1, -0.05) is 224 Å². The second-order valence-corrected chi connectivity index (χ2v) is 19.3. The third-order valence-electron chi connectivity index (χ3n) is 15.0. The van der Waals surface area contributed by atoms with Gasteiger partial charge in [-0.3, -0.25) is 0 Å². The van der Waals surface area contributed by atoms with E-state index in [9.17, 15) is 0 Å². The molecular weight excluding hydrogens is 893 g/mol. The van der Waals surface area contributed by atoms with Gasteiger partial charge in [0.1, 0.15) is 0 Å². The molecule has 0 N–H and O–H groups in total. The van der Waals surface area contributed by atoms with E-state index in [4.69, 9.17) is 0 Å². The lowest BCUT2D eigenvalue weighted by Crippen LogP contribution is -2.10. The van der Waals surface area contributed by atoms with Crippen molar-refractivity contribution in [3.63, 3.8) is 0 Å². The molecule has 0 atom stereocenters. The number of aromatic nitrogens is 1. The Hall–Kier alpha value is -9.76. The molecule has 346 valence electrons. The van der Waals surface area contributed by atoms with Crippen LogP contribution in [-0.2, 0) is 0 Å². The third kappa shape index (κ3) is 7.60. The lowest BCUT2D eigenvalue weighted by Gasteiger charge is -2.26. The summed E-state index contributed by atoms with van der Waals surface area (Å²) in [7, 11) is 0. The first-order valence-corrected chi connectivity index (χ1v) is 25.5. The van der Waals surface area contributed by atoms with E-state index in [2.05, 4.69) is 301 Å². The molecule has 0 radical (unpaired) electrons.